The number of ether oxygens (including phenoxy) is 1. The predicted molar refractivity (Wildman–Crippen MR) is 71.4 cm³/mol. The molecule has 0 aromatic heterocycles. The molecule has 0 heterocycles. The van der Waals surface area contributed by atoms with E-state index in [1.165, 1.54) is 19.3 Å². The molecule has 0 aliphatic heterocycles. The van der Waals surface area contributed by atoms with Crippen LogP contribution >= 0.6 is 0 Å². The van der Waals surface area contributed by atoms with Crippen molar-refractivity contribution in [3.8, 4) is 11.8 Å². The van der Waals surface area contributed by atoms with Crippen LogP contribution < -0.4 is 10.5 Å². The molecule has 1 saturated carbocycles. The highest BCUT2D eigenvalue weighted by molar-refractivity contribution is 5.45. The third kappa shape index (κ3) is 3.02. The zero-order chi connectivity index (χ0) is 13.0. The number of benzene rings is 1. The first-order valence-electron chi connectivity index (χ1n) is 6.55. The van der Waals surface area contributed by atoms with Gasteiger partial charge in [0.25, 0.3) is 0 Å². The largest absolute Gasteiger partial charge is 0.490 e. The Morgan fingerprint density at radius 3 is 2.72 bits per heavy atom. The monoisotopic (exact) mass is 244 g/mol. The van der Waals surface area contributed by atoms with Crippen LogP contribution in [0.25, 0.3) is 0 Å². The standard InChI is InChI=1S/C15H20N2O/c1-12-5-6-13(10-16)14(9-12)18-11-15(17)7-3-2-4-8-15/h5-6,9H,2-4,7-8,11,17H2,1H3. The number of hydrogen-bond donors (Lipinski definition) is 1. The highest BCUT2D eigenvalue weighted by Crippen LogP contribution is 2.28. The van der Waals surface area contributed by atoms with Crippen LogP contribution in [0, 0.1) is 18.3 Å². The van der Waals surface area contributed by atoms with Gasteiger partial charge in [0.15, 0.2) is 0 Å². The van der Waals surface area contributed by atoms with Gasteiger partial charge >= 0.3 is 0 Å². The summed E-state index contributed by atoms with van der Waals surface area (Å²) in [6, 6.07) is 7.79. The van der Waals surface area contributed by atoms with E-state index in [0.717, 1.165) is 18.4 Å². The summed E-state index contributed by atoms with van der Waals surface area (Å²) in [6.07, 6.45) is 5.66. The third-order valence-corrected chi connectivity index (χ3v) is 3.62. The summed E-state index contributed by atoms with van der Waals surface area (Å²) >= 11 is 0. The molecule has 96 valence electrons. The van der Waals surface area contributed by atoms with Crippen LogP contribution in [0.1, 0.15) is 43.2 Å². The van der Waals surface area contributed by atoms with Crippen LogP contribution in [0.3, 0.4) is 0 Å². The maximum Gasteiger partial charge on any atom is 0.137 e. The molecule has 0 saturated heterocycles. The topological polar surface area (TPSA) is 59.0 Å². The van der Waals surface area contributed by atoms with Crippen molar-refractivity contribution in [3.05, 3.63) is 29.3 Å². The molecule has 3 heteroatoms. The van der Waals surface area contributed by atoms with Crippen molar-refractivity contribution in [1.29, 1.82) is 5.26 Å². The minimum atomic E-state index is -0.214. The molecule has 1 fully saturated rings. The van der Waals surface area contributed by atoms with Crippen molar-refractivity contribution >= 4 is 0 Å². The molecule has 3 nitrogen and oxygen atoms in total. The second-order valence-corrected chi connectivity index (χ2v) is 5.32. The second-order valence-electron chi connectivity index (χ2n) is 5.32. The van der Waals surface area contributed by atoms with E-state index in [-0.39, 0.29) is 5.54 Å². The molecular formula is C15H20N2O. The first-order valence-corrected chi connectivity index (χ1v) is 6.55. The molecule has 1 aromatic rings. The summed E-state index contributed by atoms with van der Waals surface area (Å²) in [5.74, 6) is 0.660. The smallest absolute Gasteiger partial charge is 0.137 e. The second kappa shape index (κ2) is 5.41. The van der Waals surface area contributed by atoms with Crippen LogP contribution in [-0.2, 0) is 0 Å². The average molecular weight is 244 g/mol. The molecule has 18 heavy (non-hydrogen) atoms. The molecule has 0 atom stereocenters. The third-order valence-electron chi connectivity index (χ3n) is 3.62. The Labute approximate surface area is 109 Å². The normalized spacial score (nSPS) is 18.1. The molecule has 0 unspecified atom stereocenters. The van der Waals surface area contributed by atoms with Gasteiger partial charge < -0.3 is 10.5 Å². The molecule has 1 aliphatic carbocycles. The minimum Gasteiger partial charge on any atom is -0.490 e. The predicted octanol–water partition coefficient (Wildman–Crippen LogP) is 2.91. The fourth-order valence-corrected chi connectivity index (χ4v) is 2.46. The number of aryl methyl sites for hydroxylation is 1. The Morgan fingerprint density at radius 1 is 1.33 bits per heavy atom. The molecule has 2 N–H and O–H groups in total. The highest BCUT2D eigenvalue weighted by Gasteiger charge is 2.28. The van der Waals surface area contributed by atoms with Gasteiger partial charge in [-0.1, -0.05) is 25.3 Å². The SMILES string of the molecule is Cc1ccc(C#N)c(OCC2(N)CCCCC2)c1. The Morgan fingerprint density at radius 2 is 2.06 bits per heavy atom. The van der Waals surface area contributed by atoms with Crippen LogP contribution in [0.2, 0.25) is 0 Å². The van der Waals surface area contributed by atoms with Gasteiger partial charge in [-0.05, 0) is 37.5 Å². The molecule has 0 bridgehead atoms. The van der Waals surface area contributed by atoms with E-state index >= 15 is 0 Å². The lowest BCUT2D eigenvalue weighted by atomic mass is 9.83. The summed E-state index contributed by atoms with van der Waals surface area (Å²) in [7, 11) is 0. The quantitative estimate of drug-likeness (QED) is 0.889. The van der Waals surface area contributed by atoms with Crippen LogP contribution in [0.4, 0.5) is 0 Å². The number of nitrogens with two attached hydrogens (primary N) is 1. The van der Waals surface area contributed by atoms with Gasteiger partial charge in [-0.3, -0.25) is 0 Å². The fraction of sp³-hybridized carbons (Fsp3) is 0.533. The summed E-state index contributed by atoms with van der Waals surface area (Å²) < 4.78 is 5.80. The van der Waals surface area contributed by atoms with Crippen molar-refractivity contribution in [2.24, 2.45) is 5.73 Å². The van der Waals surface area contributed by atoms with E-state index in [0.29, 0.717) is 17.9 Å². The van der Waals surface area contributed by atoms with Crippen molar-refractivity contribution in [2.75, 3.05) is 6.61 Å². The van der Waals surface area contributed by atoms with Crippen LogP contribution in [-0.4, -0.2) is 12.1 Å². The van der Waals surface area contributed by atoms with Crippen molar-refractivity contribution in [3.63, 3.8) is 0 Å². The molecular weight excluding hydrogens is 224 g/mol. The molecule has 0 amide bonds. The van der Waals surface area contributed by atoms with E-state index in [9.17, 15) is 0 Å². The van der Waals surface area contributed by atoms with Crippen molar-refractivity contribution in [1.82, 2.24) is 0 Å². The van der Waals surface area contributed by atoms with E-state index < -0.39 is 0 Å². The van der Waals surface area contributed by atoms with Gasteiger partial charge in [0.05, 0.1) is 11.1 Å². The number of rotatable bonds is 3. The first kappa shape index (κ1) is 12.9. The summed E-state index contributed by atoms with van der Waals surface area (Å²) in [5, 5.41) is 9.05. The average Bonchev–Trinajstić information content (AvgIpc) is 2.38. The van der Waals surface area contributed by atoms with Gasteiger partial charge in [0, 0.05) is 0 Å². The van der Waals surface area contributed by atoms with Crippen LogP contribution in [0.5, 0.6) is 5.75 Å². The van der Waals surface area contributed by atoms with E-state index in [1.54, 1.807) is 6.07 Å². The fourth-order valence-electron chi connectivity index (χ4n) is 2.46. The highest BCUT2D eigenvalue weighted by atomic mass is 16.5. The minimum absolute atomic E-state index is 0.214. The summed E-state index contributed by atoms with van der Waals surface area (Å²) in [6.45, 7) is 2.50. The Hall–Kier alpha value is -1.53. The lowest BCUT2D eigenvalue weighted by Crippen LogP contribution is -2.47. The van der Waals surface area contributed by atoms with Crippen molar-refractivity contribution in [2.45, 2.75) is 44.6 Å². The first-order chi connectivity index (χ1) is 8.63. The van der Waals surface area contributed by atoms with E-state index in [4.69, 9.17) is 15.7 Å². The zero-order valence-electron chi connectivity index (χ0n) is 10.9. The van der Waals surface area contributed by atoms with Gasteiger partial charge in [0.2, 0.25) is 0 Å². The summed E-state index contributed by atoms with van der Waals surface area (Å²) in [5.41, 5.74) is 7.79. The molecule has 1 aromatic carbocycles. The van der Waals surface area contributed by atoms with Gasteiger partial charge in [-0.25, -0.2) is 0 Å². The van der Waals surface area contributed by atoms with Gasteiger partial charge in [-0.15, -0.1) is 0 Å². The number of hydrogen-bond acceptors (Lipinski definition) is 3. The lowest BCUT2D eigenvalue weighted by Gasteiger charge is -2.33. The number of nitrogens with zero attached hydrogens (tertiary/aromatic N) is 1. The molecule has 0 radical (unpaired) electrons. The Bertz CT molecular complexity index is 456. The Balaban J connectivity index is 2.05. The number of nitriles is 1. The molecule has 2 rings (SSSR count). The molecule has 0 spiro atoms. The molecule has 1 aliphatic rings. The van der Waals surface area contributed by atoms with Crippen LogP contribution in [0.15, 0.2) is 18.2 Å². The van der Waals surface area contributed by atoms with E-state index in [1.807, 2.05) is 19.1 Å². The maximum atomic E-state index is 9.05. The van der Waals surface area contributed by atoms with Gasteiger partial charge in [-0.2, -0.15) is 5.26 Å². The zero-order valence-corrected chi connectivity index (χ0v) is 10.9. The van der Waals surface area contributed by atoms with Crippen molar-refractivity contribution < 1.29 is 4.74 Å². The van der Waals surface area contributed by atoms with Gasteiger partial charge in [0.1, 0.15) is 18.4 Å². The van der Waals surface area contributed by atoms with E-state index in [2.05, 4.69) is 6.07 Å². The maximum absolute atomic E-state index is 9.05. The summed E-state index contributed by atoms with van der Waals surface area (Å²) in [4.78, 5) is 0. The lowest BCUT2D eigenvalue weighted by molar-refractivity contribution is 0.173. The Kier molecular flexibility index (Phi) is 3.88.